The molecule has 0 spiro atoms. The molecule has 0 aliphatic carbocycles. The Labute approximate surface area is 82.7 Å². The van der Waals surface area contributed by atoms with Crippen LogP contribution in [0.2, 0.25) is 5.02 Å². The number of hydrogen-bond acceptors (Lipinski definition) is 2. The summed E-state index contributed by atoms with van der Waals surface area (Å²) in [6, 6.07) is 7.48. The van der Waals surface area contributed by atoms with Crippen molar-refractivity contribution in [2.45, 2.75) is 13.3 Å². The Morgan fingerprint density at radius 3 is 3.00 bits per heavy atom. The van der Waals surface area contributed by atoms with Crippen LogP contribution in [-0.2, 0) is 0 Å². The van der Waals surface area contributed by atoms with Crippen LogP contribution >= 0.6 is 11.6 Å². The van der Waals surface area contributed by atoms with Crippen LogP contribution in [0.25, 0.3) is 0 Å². The first-order chi connectivity index (χ1) is 6.24. The molecule has 0 aliphatic rings. The van der Waals surface area contributed by atoms with Crippen LogP contribution in [0.15, 0.2) is 18.2 Å². The Morgan fingerprint density at radius 1 is 1.54 bits per heavy atom. The van der Waals surface area contributed by atoms with E-state index in [1.54, 1.807) is 6.07 Å². The highest BCUT2D eigenvalue weighted by atomic mass is 35.5. The van der Waals surface area contributed by atoms with E-state index in [0.717, 1.165) is 11.3 Å². The molecular formula is C10H10ClNO. The number of nitriles is 1. The van der Waals surface area contributed by atoms with Crippen molar-refractivity contribution < 1.29 is 4.74 Å². The van der Waals surface area contributed by atoms with Crippen LogP contribution in [0.1, 0.15) is 12.0 Å². The summed E-state index contributed by atoms with van der Waals surface area (Å²) in [6.07, 6.45) is 0.395. The molecule has 13 heavy (non-hydrogen) atoms. The topological polar surface area (TPSA) is 33.0 Å². The summed E-state index contributed by atoms with van der Waals surface area (Å²) in [5, 5.41) is 8.96. The lowest BCUT2D eigenvalue weighted by atomic mass is 10.2. The number of ether oxygens (including phenoxy) is 1. The van der Waals surface area contributed by atoms with Crippen molar-refractivity contribution in [2.24, 2.45) is 0 Å². The van der Waals surface area contributed by atoms with Gasteiger partial charge in [0.2, 0.25) is 0 Å². The molecule has 0 aromatic heterocycles. The van der Waals surface area contributed by atoms with Crippen molar-refractivity contribution >= 4 is 11.6 Å². The smallest absolute Gasteiger partial charge is 0.123 e. The van der Waals surface area contributed by atoms with E-state index in [1.165, 1.54) is 0 Å². The molecule has 0 atom stereocenters. The lowest BCUT2D eigenvalue weighted by molar-refractivity contribution is 0.324. The molecular weight excluding hydrogens is 186 g/mol. The van der Waals surface area contributed by atoms with Crippen LogP contribution in [0.5, 0.6) is 5.75 Å². The van der Waals surface area contributed by atoms with Crippen LogP contribution < -0.4 is 4.74 Å². The second-order valence-corrected chi connectivity index (χ2v) is 3.10. The van der Waals surface area contributed by atoms with Gasteiger partial charge in [-0.3, -0.25) is 0 Å². The fourth-order valence-corrected chi connectivity index (χ4v) is 1.10. The molecule has 0 saturated carbocycles. The van der Waals surface area contributed by atoms with Gasteiger partial charge < -0.3 is 4.74 Å². The molecule has 0 N–H and O–H groups in total. The van der Waals surface area contributed by atoms with Gasteiger partial charge in [0.1, 0.15) is 12.4 Å². The molecule has 1 aromatic carbocycles. The predicted molar refractivity (Wildman–Crippen MR) is 51.9 cm³/mol. The largest absolute Gasteiger partial charge is 0.492 e. The minimum atomic E-state index is 0.395. The second kappa shape index (κ2) is 4.74. The van der Waals surface area contributed by atoms with E-state index in [2.05, 4.69) is 0 Å². The van der Waals surface area contributed by atoms with Crippen LogP contribution in [0.3, 0.4) is 0 Å². The van der Waals surface area contributed by atoms with Gasteiger partial charge in [0.15, 0.2) is 0 Å². The molecule has 1 rings (SSSR count). The quantitative estimate of drug-likeness (QED) is 0.695. The molecule has 68 valence electrons. The standard InChI is InChI=1S/C10H10ClNO/c1-8-3-4-9(11)7-10(8)13-6-2-5-12/h3-4,7H,2,6H2,1H3. The number of hydrogen-bond donors (Lipinski definition) is 0. The number of rotatable bonds is 3. The average Bonchev–Trinajstić information content (AvgIpc) is 2.11. The zero-order valence-corrected chi connectivity index (χ0v) is 8.14. The van der Waals surface area contributed by atoms with E-state index in [9.17, 15) is 0 Å². The lowest BCUT2D eigenvalue weighted by Crippen LogP contribution is -1.97. The van der Waals surface area contributed by atoms with Crippen LogP contribution in [0.4, 0.5) is 0 Å². The fraction of sp³-hybridized carbons (Fsp3) is 0.300. The number of aryl methyl sites for hydroxylation is 1. The lowest BCUT2D eigenvalue weighted by Gasteiger charge is -2.06. The maximum atomic E-state index is 8.31. The minimum absolute atomic E-state index is 0.395. The molecule has 3 heteroatoms. The summed E-state index contributed by atoms with van der Waals surface area (Å²) >= 11 is 5.78. The number of benzene rings is 1. The first kappa shape index (κ1) is 9.88. The van der Waals surface area contributed by atoms with Gasteiger partial charge in [0.25, 0.3) is 0 Å². The van der Waals surface area contributed by atoms with E-state index in [0.29, 0.717) is 18.1 Å². The average molecular weight is 196 g/mol. The molecule has 0 bridgehead atoms. The van der Waals surface area contributed by atoms with Crippen LogP contribution in [-0.4, -0.2) is 6.61 Å². The summed E-state index contributed by atoms with van der Waals surface area (Å²) in [6.45, 7) is 2.36. The first-order valence-electron chi connectivity index (χ1n) is 4.00. The number of halogens is 1. The second-order valence-electron chi connectivity index (χ2n) is 2.67. The highest BCUT2D eigenvalue weighted by Gasteiger charge is 1.99. The third-order valence-corrected chi connectivity index (χ3v) is 1.86. The SMILES string of the molecule is Cc1ccc(Cl)cc1OCCC#N. The maximum Gasteiger partial charge on any atom is 0.123 e. The highest BCUT2D eigenvalue weighted by molar-refractivity contribution is 6.30. The molecule has 1 aromatic rings. The van der Waals surface area contributed by atoms with Crippen molar-refractivity contribution in [1.82, 2.24) is 0 Å². The van der Waals surface area contributed by atoms with Crippen molar-refractivity contribution in [3.05, 3.63) is 28.8 Å². The summed E-state index contributed by atoms with van der Waals surface area (Å²) in [4.78, 5) is 0. The molecule has 0 fully saturated rings. The van der Waals surface area contributed by atoms with Crippen molar-refractivity contribution in [3.63, 3.8) is 0 Å². The van der Waals surface area contributed by atoms with E-state index < -0.39 is 0 Å². The molecule has 0 aliphatic heterocycles. The molecule has 2 nitrogen and oxygen atoms in total. The van der Waals surface area contributed by atoms with Gasteiger partial charge in [-0.25, -0.2) is 0 Å². The van der Waals surface area contributed by atoms with Gasteiger partial charge in [0.05, 0.1) is 12.5 Å². The molecule has 0 unspecified atom stereocenters. The van der Waals surface area contributed by atoms with Crippen LogP contribution in [0, 0.1) is 18.3 Å². The Hall–Kier alpha value is -1.20. The summed E-state index contributed by atoms with van der Waals surface area (Å²) < 4.78 is 5.35. The van der Waals surface area contributed by atoms with Crippen molar-refractivity contribution in [3.8, 4) is 11.8 Å². The Bertz CT molecular complexity index is 330. The third kappa shape index (κ3) is 2.96. The maximum absolute atomic E-state index is 8.31. The summed E-state index contributed by atoms with van der Waals surface area (Å²) in [7, 11) is 0. The summed E-state index contributed by atoms with van der Waals surface area (Å²) in [5.74, 6) is 0.753. The minimum Gasteiger partial charge on any atom is -0.492 e. The van der Waals surface area contributed by atoms with Crippen molar-refractivity contribution in [1.29, 1.82) is 5.26 Å². The highest BCUT2D eigenvalue weighted by Crippen LogP contribution is 2.22. The predicted octanol–water partition coefficient (Wildman–Crippen LogP) is 2.94. The fourth-order valence-electron chi connectivity index (χ4n) is 0.936. The van der Waals surface area contributed by atoms with Crippen molar-refractivity contribution in [2.75, 3.05) is 6.61 Å². The van der Waals surface area contributed by atoms with Gasteiger partial charge in [-0.1, -0.05) is 17.7 Å². The normalized spacial score (nSPS) is 9.31. The zero-order valence-electron chi connectivity index (χ0n) is 7.38. The van der Waals surface area contributed by atoms with E-state index in [1.807, 2.05) is 25.1 Å². The zero-order chi connectivity index (χ0) is 9.68. The monoisotopic (exact) mass is 195 g/mol. The molecule has 0 heterocycles. The van der Waals surface area contributed by atoms with E-state index >= 15 is 0 Å². The van der Waals surface area contributed by atoms with Gasteiger partial charge >= 0.3 is 0 Å². The van der Waals surface area contributed by atoms with E-state index in [4.69, 9.17) is 21.6 Å². The van der Waals surface area contributed by atoms with Gasteiger partial charge in [-0.15, -0.1) is 0 Å². The first-order valence-corrected chi connectivity index (χ1v) is 4.37. The van der Waals surface area contributed by atoms with Gasteiger partial charge in [-0.05, 0) is 24.6 Å². The van der Waals surface area contributed by atoms with Gasteiger partial charge in [0, 0.05) is 5.02 Å². The summed E-state index contributed by atoms with van der Waals surface area (Å²) in [5.41, 5.74) is 1.03. The molecule has 0 saturated heterocycles. The Balaban J connectivity index is 2.65. The molecule has 0 amide bonds. The Kier molecular flexibility index (Phi) is 3.60. The third-order valence-electron chi connectivity index (χ3n) is 1.62. The Morgan fingerprint density at radius 2 is 2.31 bits per heavy atom. The number of nitrogens with zero attached hydrogens (tertiary/aromatic N) is 1. The van der Waals surface area contributed by atoms with E-state index in [-0.39, 0.29) is 0 Å². The molecule has 0 radical (unpaired) electrons. The van der Waals surface area contributed by atoms with Gasteiger partial charge in [-0.2, -0.15) is 5.26 Å².